The number of anilines is 1. The summed E-state index contributed by atoms with van der Waals surface area (Å²) in [4.78, 5) is 57.2. The van der Waals surface area contributed by atoms with E-state index in [2.05, 4.69) is 10.6 Å². The van der Waals surface area contributed by atoms with Crippen LogP contribution in [0.4, 0.5) is 5.69 Å². The van der Waals surface area contributed by atoms with Crippen LogP contribution >= 0.6 is 11.8 Å². The Morgan fingerprint density at radius 1 is 1.21 bits per heavy atom. The van der Waals surface area contributed by atoms with E-state index in [1.807, 2.05) is 25.3 Å². The van der Waals surface area contributed by atoms with Gasteiger partial charge in [-0.3, -0.25) is 14.4 Å². The smallest absolute Gasteiger partial charge is 0.343 e. The maximum absolute atomic E-state index is 13.6. The number of rotatable bonds is 6. The number of cyclic esters (lactones) is 1. The zero-order valence-corrected chi connectivity index (χ0v) is 24.4. The van der Waals surface area contributed by atoms with Crippen molar-refractivity contribution in [1.29, 1.82) is 0 Å². The number of carbonyl (C=O) groups is 3. The Bertz CT molecular complexity index is 1800. The molecule has 0 fully saturated rings. The number of aromatic nitrogens is 2. The Morgan fingerprint density at radius 2 is 1.98 bits per heavy atom. The number of nitrogens with two attached hydrogens (primary N) is 1. The second-order valence-corrected chi connectivity index (χ2v) is 12.1. The fourth-order valence-electron chi connectivity index (χ4n) is 5.67. The summed E-state index contributed by atoms with van der Waals surface area (Å²) >= 11 is 1.44. The van der Waals surface area contributed by atoms with E-state index >= 15 is 0 Å². The molecule has 5 N–H and O–H groups in total. The first-order valence-electron chi connectivity index (χ1n) is 13.8. The molecule has 0 unspecified atom stereocenters. The number of amides is 2. The molecule has 0 saturated heterocycles. The van der Waals surface area contributed by atoms with E-state index < -0.39 is 29.6 Å². The average Bonchev–Trinajstić information content (AvgIpc) is 3.35. The largest absolute Gasteiger partial charge is 0.458 e. The SMILES string of the molecule is CC[C@@]1(O)C(=O)OCc2c1cc1n(c2=O)Cc2c-1nc1ccc(NC(=O)[C@H](C)NC(=O)[C@@H](N)C(C)C)c3c1c2C=CS3. The lowest BCUT2D eigenvalue weighted by atomic mass is 9.86. The highest BCUT2D eigenvalue weighted by atomic mass is 32.2. The van der Waals surface area contributed by atoms with Gasteiger partial charge in [-0.25, -0.2) is 9.78 Å². The Kier molecular flexibility index (Phi) is 6.75. The molecule has 42 heavy (non-hydrogen) atoms. The van der Waals surface area contributed by atoms with Crippen molar-refractivity contribution >= 4 is 52.2 Å². The van der Waals surface area contributed by atoms with Crippen molar-refractivity contribution in [2.24, 2.45) is 11.7 Å². The number of hydrogen-bond acceptors (Lipinski definition) is 9. The molecule has 3 atom stereocenters. The molecule has 11 nitrogen and oxygen atoms in total. The Hall–Kier alpha value is -4.00. The van der Waals surface area contributed by atoms with Crippen molar-refractivity contribution in [3.63, 3.8) is 0 Å². The molecule has 0 aliphatic carbocycles. The van der Waals surface area contributed by atoms with Gasteiger partial charge >= 0.3 is 5.97 Å². The van der Waals surface area contributed by atoms with Gasteiger partial charge in [-0.2, -0.15) is 0 Å². The molecule has 6 rings (SSSR count). The molecular weight excluding hydrogens is 558 g/mol. The highest BCUT2D eigenvalue weighted by Crippen LogP contribution is 2.46. The molecule has 0 saturated carbocycles. The lowest BCUT2D eigenvalue weighted by Gasteiger charge is -2.31. The highest BCUT2D eigenvalue weighted by Gasteiger charge is 2.45. The lowest BCUT2D eigenvalue weighted by molar-refractivity contribution is -0.172. The third-order valence-corrected chi connectivity index (χ3v) is 9.23. The van der Waals surface area contributed by atoms with Gasteiger partial charge in [-0.15, -0.1) is 0 Å². The van der Waals surface area contributed by atoms with Gasteiger partial charge in [0.15, 0.2) is 5.60 Å². The predicted octanol–water partition coefficient (Wildman–Crippen LogP) is 2.58. The molecule has 1 aromatic carbocycles. The van der Waals surface area contributed by atoms with Gasteiger partial charge in [-0.05, 0) is 54.5 Å². The number of pyridine rings is 2. The van der Waals surface area contributed by atoms with Gasteiger partial charge in [0.1, 0.15) is 12.6 Å². The lowest BCUT2D eigenvalue weighted by Crippen LogP contribution is -2.50. The van der Waals surface area contributed by atoms with Crippen LogP contribution in [0.25, 0.3) is 28.4 Å². The van der Waals surface area contributed by atoms with Gasteiger partial charge < -0.3 is 30.8 Å². The van der Waals surface area contributed by atoms with Crippen molar-refractivity contribution in [3.05, 3.63) is 56.2 Å². The molecule has 0 bridgehead atoms. The maximum Gasteiger partial charge on any atom is 0.343 e. The first-order chi connectivity index (χ1) is 20.0. The molecular formula is C30H31N5O6S. The summed E-state index contributed by atoms with van der Waals surface area (Å²) in [6, 6.07) is 3.73. The normalized spacial score (nSPS) is 19.5. The van der Waals surface area contributed by atoms with Gasteiger partial charge in [-0.1, -0.05) is 32.5 Å². The van der Waals surface area contributed by atoms with Gasteiger partial charge in [0, 0.05) is 21.4 Å². The van der Waals surface area contributed by atoms with E-state index in [1.54, 1.807) is 36.6 Å². The van der Waals surface area contributed by atoms with E-state index in [1.165, 1.54) is 11.8 Å². The third kappa shape index (κ3) is 4.16. The zero-order chi connectivity index (χ0) is 30.1. The summed E-state index contributed by atoms with van der Waals surface area (Å²) < 4.78 is 6.77. The molecule has 0 spiro atoms. The minimum absolute atomic E-state index is 0.0651. The zero-order valence-electron chi connectivity index (χ0n) is 23.6. The van der Waals surface area contributed by atoms with Crippen LogP contribution in [-0.2, 0) is 37.9 Å². The number of esters is 1. The molecule has 3 aliphatic heterocycles. The predicted molar refractivity (Wildman–Crippen MR) is 158 cm³/mol. The van der Waals surface area contributed by atoms with Crippen molar-refractivity contribution in [2.75, 3.05) is 5.32 Å². The van der Waals surface area contributed by atoms with Gasteiger partial charge in [0.2, 0.25) is 11.8 Å². The van der Waals surface area contributed by atoms with Crippen LogP contribution in [0.2, 0.25) is 0 Å². The summed E-state index contributed by atoms with van der Waals surface area (Å²) in [7, 11) is 0. The van der Waals surface area contributed by atoms with Crippen LogP contribution in [0.1, 0.15) is 56.4 Å². The minimum atomic E-state index is -1.90. The number of benzene rings is 1. The number of thioether (sulfide) groups is 1. The highest BCUT2D eigenvalue weighted by molar-refractivity contribution is 8.02. The maximum atomic E-state index is 13.6. The Morgan fingerprint density at radius 3 is 2.69 bits per heavy atom. The van der Waals surface area contributed by atoms with Crippen molar-refractivity contribution in [1.82, 2.24) is 14.9 Å². The third-order valence-electron chi connectivity index (χ3n) is 8.30. The molecule has 3 aromatic rings. The molecule has 2 amide bonds. The quantitative estimate of drug-likeness (QED) is 0.247. The number of fused-ring (bicyclic) bond motifs is 5. The molecule has 218 valence electrons. The average molecular weight is 590 g/mol. The van der Waals surface area contributed by atoms with Crippen LogP contribution in [0.5, 0.6) is 0 Å². The summed E-state index contributed by atoms with van der Waals surface area (Å²) in [5, 5.41) is 19.5. The van der Waals surface area contributed by atoms with Crippen molar-refractivity contribution < 1.29 is 24.2 Å². The number of ether oxygens (including phenoxy) is 1. The van der Waals surface area contributed by atoms with Crippen LogP contribution in [-0.4, -0.2) is 44.5 Å². The number of nitrogens with zero attached hydrogens (tertiary/aromatic N) is 2. The molecule has 3 aliphatic rings. The number of carbonyl (C=O) groups excluding carboxylic acids is 3. The number of aliphatic hydroxyl groups is 1. The summed E-state index contributed by atoms with van der Waals surface area (Å²) in [6.45, 7) is 7.02. The van der Waals surface area contributed by atoms with E-state index in [0.29, 0.717) is 22.6 Å². The fourth-order valence-corrected chi connectivity index (χ4v) is 6.59. The van der Waals surface area contributed by atoms with E-state index in [9.17, 15) is 24.3 Å². The Balaban J connectivity index is 1.39. The van der Waals surface area contributed by atoms with E-state index in [0.717, 1.165) is 21.4 Å². The first kappa shape index (κ1) is 28.1. The molecule has 2 aromatic heterocycles. The van der Waals surface area contributed by atoms with Crippen LogP contribution in [0.15, 0.2) is 33.3 Å². The molecule has 5 heterocycles. The fraction of sp³-hybridized carbons (Fsp3) is 0.367. The standard InChI is InChI=1S/C30H31N5O6S/c1-5-30(40)18-10-21-24-16(11-35(21)28(38)17(18)12-41-29(30)39)15-8-9-42-25-20(7-6-19(33-24)22(15)25)34-26(36)14(4)32-27(37)23(31)13(2)3/h6-10,13-14,23,40H,5,11-12,31H2,1-4H3,(H,32,37)(H,34,36)/t14-,23-,30-/m0/s1. The minimum Gasteiger partial charge on any atom is -0.458 e. The number of nitrogens with one attached hydrogen (secondary N) is 2. The molecule has 12 heteroatoms. The summed E-state index contributed by atoms with van der Waals surface area (Å²) in [5.74, 6) is -1.61. The monoisotopic (exact) mass is 589 g/mol. The van der Waals surface area contributed by atoms with Crippen LogP contribution in [0.3, 0.4) is 0 Å². The topological polar surface area (TPSA) is 166 Å². The second-order valence-electron chi connectivity index (χ2n) is 11.2. The van der Waals surface area contributed by atoms with Crippen LogP contribution in [0, 0.1) is 5.92 Å². The van der Waals surface area contributed by atoms with E-state index in [-0.39, 0.29) is 48.1 Å². The first-order valence-corrected chi connectivity index (χ1v) is 14.7. The van der Waals surface area contributed by atoms with E-state index in [4.69, 9.17) is 15.5 Å². The Labute approximate surface area is 245 Å². The van der Waals surface area contributed by atoms with Crippen molar-refractivity contribution in [2.45, 2.75) is 69.8 Å². The second kappa shape index (κ2) is 10.1. The molecule has 0 radical (unpaired) electrons. The van der Waals surface area contributed by atoms with Gasteiger partial charge in [0.25, 0.3) is 5.56 Å². The van der Waals surface area contributed by atoms with Crippen LogP contribution < -0.4 is 21.9 Å². The summed E-state index contributed by atoms with van der Waals surface area (Å²) in [6.07, 6.45) is 2.03. The number of hydrogen-bond donors (Lipinski definition) is 4. The van der Waals surface area contributed by atoms with Crippen molar-refractivity contribution in [3.8, 4) is 11.4 Å². The van der Waals surface area contributed by atoms with Gasteiger partial charge in [0.05, 0.1) is 40.7 Å². The summed E-state index contributed by atoms with van der Waals surface area (Å²) in [5.41, 5.74) is 8.32.